The zero-order valence-corrected chi connectivity index (χ0v) is 18.1. The highest BCUT2D eigenvalue weighted by molar-refractivity contribution is 5.87. The number of hydrogen-bond donors (Lipinski definition) is 1. The molecule has 1 spiro atoms. The minimum atomic E-state index is -0.735. The number of hydroxylamine groups is 1. The number of allylic oxidation sites excluding steroid dienone is 1. The number of nitrogens with zero attached hydrogens (tertiary/aromatic N) is 1. The van der Waals surface area contributed by atoms with Crippen molar-refractivity contribution in [3.8, 4) is 0 Å². The third-order valence-electron chi connectivity index (χ3n) is 5.59. The van der Waals surface area contributed by atoms with Crippen molar-refractivity contribution in [1.29, 1.82) is 0 Å². The number of hydrogen-bond acceptors (Lipinski definition) is 4. The average Bonchev–Trinajstić information content (AvgIpc) is 3.04. The summed E-state index contributed by atoms with van der Waals surface area (Å²) in [5, 5.41) is 23.7. The molecule has 0 unspecified atom stereocenters. The highest BCUT2D eigenvalue weighted by Crippen LogP contribution is 2.48. The van der Waals surface area contributed by atoms with Crippen LogP contribution in [0.4, 0.5) is 0 Å². The van der Waals surface area contributed by atoms with E-state index in [9.17, 15) is 10.3 Å². The number of aliphatic hydroxyl groups is 1. The maximum atomic E-state index is 13.7. The van der Waals surface area contributed by atoms with Gasteiger partial charge in [-0.1, -0.05) is 6.08 Å². The number of unbranched alkanes of at least 4 members (excludes halogenated alkanes) is 1. The predicted molar refractivity (Wildman–Crippen MR) is 109 cm³/mol. The molecule has 0 saturated heterocycles. The summed E-state index contributed by atoms with van der Waals surface area (Å²) in [5.41, 5.74) is -0.770. The molecule has 2 aliphatic rings. The number of aliphatic hydroxyl groups excluding tert-OH is 1. The number of rotatable bonds is 7. The Labute approximate surface area is 165 Å². The highest BCUT2D eigenvalue weighted by atomic mass is 16.6. The molecule has 1 heterocycles. The SMILES string of the molecule is C=CCCCC1=[N+]([O-])[C@]2(CCC[C@H]2CO)[C@H](OC(C)(C)C)[C@H]1OC(C)(C)C. The van der Waals surface area contributed by atoms with Crippen molar-refractivity contribution < 1.29 is 19.3 Å². The van der Waals surface area contributed by atoms with Gasteiger partial charge >= 0.3 is 0 Å². The van der Waals surface area contributed by atoms with Gasteiger partial charge in [0.25, 0.3) is 0 Å². The topological polar surface area (TPSA) is 64.8 Å². The van der Waals surface area contributed by atoms with E-state index in [4.69, 9.17) is 9.47 Å². The standard InChI is InChI=1S/C22H39NO4/c1-8-9-10-13-17-18(26-20(2,3)4)19(27-21(5,6)7)22(23(17)25)14-11-12-16(22)15-24/h8,16,18-19,24H,1,9-15H2,2-7H3/t16-,18-,19+,22-/m0/s1. The summed E-state index contributed by atoms with van der Waals surface area (Å²) in [7, 11) is 0. The van der Waals surface area contributed by atoms with E-state index in [1.165, 1.54) is 4.74 Å². The van der Waals surface area contributed by atoms with Crippen LogP contribution in [0.3, 0.4) is 0 Å². The largest absolute Gasteiger partial charge is 0.623 e. The van der Waals surface area contributed by atoms with E-state index < -0.39 is 22.8 Å². The third-order valence-corrected chi connectivity index (χ3v) is 5.59. The summed E-state index contributed by atoms with van der Waals surface area (Å²) >= 11 is 0. The van der Waals surface area contributed by atoms with E-state index in [2.05, 4.69) is 6.58 Å². The Bertz CT molecular complexity index is 558. The van der Waals surface area contributed by atoms with Crippen molar-refractivity contribution in [2.75, 3.05) is 6.61 Å². The van der Waals surface area contributed by atoms with Gasteiger partial charge < -0.3 is 19.8 Å². The molecule has 2 rings (SSSR count). The lowest BCUT2D eigenvalue weighted by molar-refractivity contribution is -0.564. The van der Waals surface area contributed by atoms with Gasteiger partial charge in [0.15, 0.2) is 17.9 Å². The van der Waals surface area contributed by atoms with Crippen LogP contribution < -0.4 is 0 Å². The summed E-state index contributed by atoms with van der Waals surface area (Å²) in [6.45, 7) is 15.9. The molecule has 0 bridgehead atoms. The summed E-state index contributed by atoms with van der Waals surface area (Å²) in [6, 6.07) is 0. The fourth-order valence-corrected chi connectivity index (χ4v) is 4.64. The molecule has 4 atom stereocenters. The molecule has 1 fully saturated rings. The highest BCUT2D eigenvalue weighted by Gasteiger charge is 2.66. The molecular formula is C22H39NO4. The molecule has 27 heavy (non-hydrogen) atoms. The van der Waals surface area contributed by atoms with Gasteiger partial charge in [-0.2, -0.15) is 0 Å². The minimum absolute atomic E-state index is 0.00488. The second-order valence-corrected chi connectivity index (χ2v) is 10.0. The van der Waals surface area contributed by atoms with Gasteiger partial charge in [0.1, 0.15) is 0 Å². The molecule has 156 valence electrons. The first-order valence-electron chi connectivity index (χ1n) is 10.4. The summed E-state index contributed by atoms with van der Waals surface area (Å²) < 4.78 is 14.1. The van der Waals surface area contributed by atoms with E-state index in [1.54, 1.807) is 0 Å². The Morgan fingerprint density at radius 3 is 2.37 bits per heavy atom. The minimum Gasteiger partial charge on any atom is -0.623 e. The molecule has 1 saturated carbocycles. The van der Waals surface area contributed by atoms with E-state index in [0.29, 0.717) is 6.42 Å². The first-order chi connectivity index (χ1) is 12.5. The molecule has 1 N–H and O–H groups in total. The molecule has 1 aliphatic heterocycles. The molecule has 1 aliphatic carbocycles. The fraction of sp³-hybridized carbons (Fsp3) is 0.864. The van der Waals surface area contributed by atoms with Crippen molar-refractivity contribution >= 4 is 5.71 Å². The lowest BCUT2D eigenvalue weighted by atomic mass is 9.81. The normalized spacial score (nSPS) is 31.9. The summed E-state index contributed by atoms with van der Waals surface area (Å²) in [5.74, 6) is -0.0923. The maximum Gasteiger partial charge on any atom is 0.206 e. The van der Waals surface area contributed by atoms with Gasteiger partial charge in [-0.05, 0) is 67.2 Å². The van der Waals surface area contributed by atoms with Gasteiger partial charge in [0.05, 0.1) is 23.7 Å². The first kappa shape index (κ1) is 22.4. The predicted octanol–water partition coefficient (Wildman–Crippen LogP) is 4.21. The van der Waals surface area contributed by atoms with Gasteiger partial charge in [-0.3, -0.25) is 0 Å². The quantitative estimate of drug-likeness (QED) is 0.311. The van der Waals surface area contributed by atoms with Crippen LogP contribution >= 0.6 is 0 Å². The first-order valence-corrected chi connectivity index (χ1v) is 10.4. The van der Waals surface area contributed by atoms with Gasteiger partial charge in [-0.25, -0.2) is 4.74 Å². The van der Waals surface area contributed by atoms with Crippen LogP contribution in [0.25, 0.3) is 0 Å². The lowest BCUT2D eigenvalue weighted by Crippen LogP contribution is -2.56. The molecule has 0 radical (unpaired) electrons. The molecule has 5 nitrogen and oxygen atoms in total. The second-order valence-electron chi connectivity index (χ2n) is 10.0. The molecule has 0 aromatic carbocycles. The van der Waals surface area contributed by atoms with Crippen molar-refractivity contribution in [2.45, 2.75) is 109 Å². The zero-order valence-electron chi connectivity index (χ0n) is 18.1. The van der Waals surface area contributed by atoms with Crippen molar-refractivity contribution in [2.24, 2.45) is 5.92 Å². The second kappa shape index (κ2) is 8.22. The smallest absolute Gasteiger partial charge is 0.206 e. The molecule has 5 heteroatoms. The van der Waals surface area contributed by atoms with Crippen LogP contribution in [-0.4, -0.2) is 51.1 Å². The molecular weight excluding hydrogens is 342 g/mol. The van der Waals surface area contributed by atoms with E-state index in [0.717, 1.165) is 37.8 Å². The van der Waals surface area contributed by atoms with Crippen LogP contribution in [0.5, 0.6) is 0 Å². The third kappa shape index (κ3) is 4.75. The lowest BCUT2D eigenvalue weighted by Gasteiger charge is -2.39. The maximum absolute atomic E-state index is 13.7. The van der Waals surface area contributed by atoms with Crippen molar-refractivity contribution in [1.82, 2.24) is 0 Å². The Morgan fingerprint density at radius 2 is 1.85 bits per heavy atom. The number of ether oxygens (including phenoxy) is 2. The van der Waals surface area contributed by atoms with Crippen LogP contribution in [0.15, 0.2) is 12.7 Å². The Balaban J connectivity index is 2.51. The van der Waals surface area contributed by atoms with Crippen molar-refractivity contribution in [3.63, 3.8) is 0 Å². The summed E-state index contributed by atoms with van der Waals surface area (Å²) in [4.78, 5) is 0. The van der Waals surface area contributed by atoms with Gasteiger partial charge in [-0.15, -0.1) is 6.58 Å². The zero-order chi connectivity index (χ0) is 20.5. The van der Waals surface area contributed by atoms with Crippen LogP contribution in [0.2, 0.25) is 0 Å². The molecule has 0 amide bonds. The van der Waals surface area contributed by atoms with Gasteiger partial charge in [0, 0.05) is 12.8 Å². The van der Waals surface area contributed by atoms with Crippen LogP contribution in [-0.2, 0) is 9.47 Å². The van der Waals surface area contributed by atoms with E-state index in [1.807, 2.05) is 47.6 Å². The Hall–Kier alpha value is -0.910. The van der Waals surface area contributed by atoms with Gasteiger partial charge in [0.2, 0.25) is 5.54 Å². The van der Waals surface area contributed by atoms with Crippen molar-refractivity contribution in [3.05, 3.63) is 17.9 Å². The fourth-order valence-electron chi connectivity index (χ4n) is 4.64. The Morgan fingerprint density at radius 1 is 1.22 bits per heavy atom. The van der Waals surface area contributed by atoms with E-state index in [-0.39, 0.29) is 18.6 Å². The Kier molecular flexibility index (Phi) is 6.81. The molecule has 0 aromatic heterocycles. The van der Waals surface area contributed by atoms with E-state index >= 15 is 0 Å². The average molecular weight is 382 g/mol. The van der Waals surface area contributed by atoms with Crippen LogP contribution in [0.1, 0.15) is 80.1 Å². The molecule has 0 aromatic rings. The summed E-state index contributed by atoms with van der Waals surface area (Å²) in [6.07, 6.45) is 6.01. The van der Waals surface area contributed by atoms with Crippen LogP contribution in [0, 0.1) is 11.1 Å². The monoisotopic (exact) mass is 381 g/mol.